The average Bonchev–Trinajstić information content (AvgIpc) is 3.30. The van der Waals surface area contributed by atoms with Crippen LogP contribution in [0.1, 0.15) is 36.7 Å². The Morgan fingerprint density at radius 2 is 1.56 bits per heavy atom. The molecule has 36 heavy (non-hydrogen) atoms. The molecule has 1 N–H and O–H groups in total. The van der Waals surface area contributed by atoms with Crippen molar-refractivity contribution >= 4 is 34.3 Å². The first-order valence-electron chi connectivity index (χ1n) is 12.4. The summed E-state index contributed by atoms with van der Waals surface area (Å²) in [4.78, 5) is 46.6. The second-order valence-electron chi connectivity index (χ2n) is 8.92. The number of aromatic nitrogens is 1. The smallest absolute Gasteiger partial charge is 0.338 e. The van der Waals surface area contributed by atoms with Gasteiger partial charge in [-0.1, -0.05) is 18.2 Å². The first-order chi connectivity index (χ1) is 17.4. The third-order valence-electron chi connectivity index (χ3n) is 6.79. The van der Waals surface area contributed by atoms with Gasteiger partial charge in [0, 0.05) is 61.0 Å². The van der Waals surface area contributed by atoms with E-state index in [2.05, 4.69) is 22.0 Å². The molecule has 2 aromatic carbocycles. The molecule has 1 saturated heterocycles. The first kappa shape index (κ1) is 25.4. The molecule has 190 valence electrons. The minimum atomic E-state index is -1.64. The maximum atomic E-state index is 13.6. The predicted molar refractivity (Wildman–Crippen MR) is 138 cm³/mol. The number of para-hydroxylation sites is 1. The van der Waals surface area contributed by atoms with E-state index in [0.717, 1.165) is 22.2 Å². The molecule has 8 nitrogen and oxygen atoms in total. The summed E-state index contributed by atoms with van der Waals surface area (Å²) in [6.07, 6.45) is 1.86. The van der Waals surface area contributed by atoms with Crippen molar-refractivity contribution in [2.24, 2.45) is 0 Å². The quantitative estimate of drug-likeness (QED) is 0.278. The highest BCUT2D eigenvalue weighted by molar-refractivity contribution is 6.06. The Labute approximate surface area is 211 Å². The van der Waals surface area contributed by atoms with Gasteiger partial charge in [0.15, 0.2) is 5.78 Å². The lowest BCUT2D eigenvalue weighted by molar-refractivity contribution is -0.175. The van der Waals surface area contributed by atoms with Gasteiger partial charge in [0.1, 0.15) is 0 Å². The van der Waals surface area contributed by atoms with Crippen molar-refractivity contribution in [3.05, 3.63) is 65.9 Å². The molecule has 4 rings (SSSR count). The number of H-pyrrole nitrogens is 1. The van der Waals surface area contributed by atoms with Crippen LogP contribution in [0.25, 0.3) is 10.9 Å². The molecule has 1 aliphatic heterocycles. The standard InChI is InChI=1S/C28H33N3O5/c1-4-35-26(33)28(27(34)36-5-2,31-15-13-30(14-16-31)23-9-7-6-8-10-23)18-22-19-29-25-12-11-21(20(3)32)17-24(22)25/h6-12,17,19,29H,4-5,13-16,18H2,1-3H3. The molecule has 0 atom stereocenters. The summed E-state index contributed by atoms with van der Waals surface area (Å²) in [5, 5.41) is 0.795. The third-order valence-corrected chi connectivity index (χ3v) is 6.79. The Morgan fingerprint density at radius 1 is 0.917 bits per heavy atom. The summed E-state index contributed by atoms with van der Waals surface area (Å²) in [5.41, 5.74) is 1.60. The number of hydrogen-bond donors (Lipinski definition) is 1. The number of nitrogens with one attached hydrogen (secondary N) is 1. The highest BCUT2D eigenvalue weighted by Gasteiger charge is 2.54. The molecule has 0 radical (unpaired) electrons. The summed E-state index contributed by atoms with van der Waals surface area (Å²) in [6, 6.07) is 15.5. The van der Waals surface area contributed by atoms with Crippen LogP contribution in [-0.2, 0) is 25.5 Å². The lowest BCUT2D eigenvalue weighted by Gasteiger charge is -2.44. The number of ketones is 1. The van der Waals surface area contributed by atoms with Gasteiger partial charge in [0.05, 0.1) is 13.2 Å². The molecular formula is C28H33N3O5. The van der Waals surface area contributed by atoms with E-state index in [9.17, 15) is 14.4 Å². The zero-order valence-electron chi connectivity index (χ0n) is 21.1. The Balaban J connectivity index is 1.73. The van der Waals surface area contributed by atoms with Gasteiger partial charge in [0.25, 0.3) is 0 Å². The normalized spacial score (nSPS) is 14.6. The number of carbonyl (C=O) groups is 3. The topological polar surface area (TPSA) is 91.9 Å². The number of carbonyl (C=O) groups excluding carboxylic acids is 3. The molecule has 0 amide bonds. The maximum Gasteiger partial charge on any atom is 0.338 e. The molecule has 0 spiro atoms. The summed E-state index contributed by atoms with van der Waals surface area (Å²) < 4.78 is 11.0. The van der Waals surface area contributed by atoms with Crippen LogP contribution >= 0.6 is 0 Å². The van der Waals surface area contributed by atoms with Crippen LogP contribution in [0.2, 0.25) is 0 Å². The van der Waals surface area contributed by atoms with Crippen molar-refractivity contribution in [2.75, 3.05) is 44.3 Å². The van der Waals surface area contributed by atoms with Crippen LogP contribution in [0.15, 0.2) is 54.7 Å². The number of esters is 2. The number of nitrogens with zero attached hydrogens (tertiary/aromatic N) is 2. The number of benzene rings is 2. The fourth-order valence-electron chi connectivity index (χ4n) is 4.90. The minimum Gasteiger partial charge on any atom is -0.464 e. The van der Waals surface area contributed by atoms with E-state index in [0.29, 0.717) is 31.7 Å². The van der Waals surface area contributed by atoms with E-state index in [4.69, 9.17) is 9.47 Å². The van der Waals surface area contributed by atoms with Gasteiger partial charge >= 0.3 is 11.9 Å². The summed E-state index contributed by atoms with van der Waals surface area (Å²) in [7, 11) is 0. The largest absolute Gasteiger partial charge is 0.464 e. The number of rotatable bonds is 9. The molecule has 1 aromatic heterocycles. The van der Waals surface area contributed by atoms with Gasteiger partial charge in [0.2, 0.25) is 5.54 Å². The van der Waals surface area contributed by atoms with Crippen molar-refractivity contribution < 1.29 is 23.9 Å². The average molecular weight is 492 g/mol. The molecule has 0 saturated carbocycles. The number of fused-ring (bicyclic) bond motifs is 1. The molecule has 2 heterocycles. The third kappa shape index (κ3) is 4.86. The number of Topliss-reactive ketones (excluding diaryl/α,β-unsaturated/α-hetero) is 1. The van der Waals surface area contributed by atoms with E-state index in [1.165, 1.54) is 6.92 Å². The fourth-order valence-corrected chi connectivity index (χ4v) is 4.90. The van der Waals surface area contributed by atoms with E-state index >= 15 is 0 Å². The second kappa shape index (κ2) is 11.0. The molecular weight excluding hydrogens is 458 g/mol. The first-order valence-corrected chi connectivity index (χ1v) is 12.4. The number of piperazine rings is 1. The van der Waals surface area contributed by atoms with E-state index in [-0.39, 0.29) is 25.4 Å². The number of ether oxygens (including phenoxy) is 2. The van der Waals surface area contributed by atoms with Crippen LogP contribution in [0, 0.1) is 0 Å². The molecule has 3 aromatic rings. The minimum absolute atomic E-state index is 0.0527. The molecule has 0 bridgehead atoms. The Bertz CT molecular complexity index is 1210. The van der Waals surface area contributed by atoms with E-state index < -0.39 is 17.5 Å². The van der Waals surface area contributed by atoms with Gasteiger partial charge in [-0.2, -0.15) is 0 Å². The summed E-state index contributed by atoms with van der Waals surface area (Å²) in [6.45, 7) is 7.51. The van der Waals surface area contributed by atoms with Crippen molar-refractivity contribution in [3.63, 3.8) is 0 Å². The van der Waals surface area contributed by atoms with Crippen LogP contribution in [0.4, 0.5) is 5.69 Å². The second-order valence-corrected chi connectivity index (χ2v) is 8.92. The van der Waals surface area contributed by atoms with Crippen molar-refractivity contribution in [2.45, 2.75) is 32.7 Å². The highest BCUT2D eigenvalue weighted by Crippen LogP contribution is 2.31. The molecule has 0 unspecified atom stereocenters. The lowest BCUT2D eigenvalue weighted by Crippen LogP contribution is -2.66. The summed E-state index contributed by atoms with van der Waals surface area (Å²) in [5.74, 6) is -1.29. The Kier molecular flexibility index (Phi) is 7.74. The zero-order valence-corrected chi connectivity index (χ0v) is 21.1. The molecule has 8 heteroatoms. The van der Waals surface area contributed by atoms with E-state index in [1.807, 2.05) is 29.2 Å². The molecule has 1 aliphatic rings. The van der Waals surface area contributed by atoms with Gasteiger partial charge in [-0.3, -0.25) is 9.69 Å². The van der Waals surface area contributed by atoms with Crippen LogP contribution in [0.5, 0.6) is 0 Å². The molecule has 0 aliphatic carbocycles. The summed E-state index contributed by atoms with van der Waals surface area (Å²) >= 11 is 0. The van der Waals surface area contributed by atoms with Gasteiger partial charge in [-0.05, 0) is 56.7 Å². The molecule has 1 fully saturated rings. The highest BCUT2D eigenvalue weighted by atomic mass is 16.6. The Morgan fingerprint density at radius 3 is 2.14 bits per heavy atom. The maximum absolute atomic E-state index is 13.6. The zero-order chi connectivity index (χ0) is 25.7. The van der Waals surface area contributed by atoms with Crippen molar-refractivity contribution in [3.8, 4) is 0 Å². The lowest BCUT2D eigenvalue weighted by atomic mass is 9.87. The monoisotopic (exact) mass is 491 g/mol. The van der Waals surface area contributed by atoms with Crippen molar-refractivity contribution in [1.82, 2.24) is 9.88 Å². The van der Waals surface area contributed by atoms with E-state index in [1.54, 1.807) is 32.2 Å². The van der Waals surface area contributed by atoms with Gasteiger partial charge < -0.3 is 19.4 Å². The number of hydrogen-bond acceptors (Lipinski definition) is 7. The van der Waals surface area contributed by atoms with Gasteiger partial charge in [-0.25, -0.2) is 9.59 Å². The van der Waals surface area contributed by atoms with Crippen molar-refractivity contribution in [1.29, 1.82) is 0 Å². The van der Waals surface area contributed by atoms with Crippen LogP contribution < -0.4 is 4.90 Å². The predicted octanol–water partition coefficient (Wildman–Crippen LogP) is 3.60. The fraction of sp³-hybridized carbons (Fsp3) is 0.393. The Hall–Kier alpha value is -3.65. The van der Waals surface area contributed by atoms with Crippen LogP contribution in [-0.4, -0.2) is 72.5 Å². The SMILES string of the molecule is CCOC(=O)C(Cc1c[nH]c2ccc(C(C)=O)cc12)(C(=O)OCC)N1CCN(c2ccccc2)CC1. The van der Waals surface area contributed by atoms with Gasteiger partial charge in [-0.15, -0.1) is 0 Å². The number of aromatic amines is 1. The van der Waals surface area contributed by atoms with Crippen LogP contribution in [0.3, 0.4) is 0 Å². The number of anilines is 1.